The SMILES string of the molecule is Cc1cc(-c2nc(CNCCN)no2)cc2c1C(=O)N(Cc1ccc(OC(F)(F)F)cc1)C2. The van der Waals surface area contributed by atoms with Crippen LogP contribution in [0.1, 0.15) is 32.9 Å². The number of carbonyl (C=O) groups excluding carboxylic acids is 1. The van der Waals surface area contributed by atoms with Gasteiger partial charge in [0.05, 0.1) is 6.54 Å². The first-order valence-electron chi connectivity index (χ1n) is 10.2. The Hall–Kier alpha value is -3.44. The second-order valence-corrected chi connectivity index (χ2v) is 7.66. The molecule has 3 aromatic rings. The fourth-order valence-electron chi connectivity index (χ4n) is 3.74. The van der Waals surface area contributed by atoms with Crippen LogP contribution in [0.4, 0.5) is 13.2 Å². The number of benzene rings is 2. The van der Waals surface area contributed by atoms with E-state index in [9.17, 15) is 18.0 Å². The summed E-state index contributed by atoms with van der Waals surface area (Å²) >= 11 is 0. The van der Waals surface area contributed by atoms with Crippen LogP contribution in [0.25, 0.3) is 11.5 Å². The Kier molecular flexibility index (Phi) is 6.34. The van der Waals surface area contributed by atoms with E-state index in [1.165, 1.54) is 24.3 Å². The highest BCUT2D eigenvalue weighted by Gasteiger charge is 2.32. The van der Waals surface area contributed by atoms with Crippen molar-refractivity contribution in [2.45, 2.75) is 32.9 Å². The summed E-state index contributed by atoms with van der Waals surface area (Å²) in [5.41, 5.74) is 9.08. The molecule has 1 aliphatic rings. The predicted octanol–water partition coefficient (Wildman–Crippen LogP) is 3.15. The van der Waals surface area contributed by atoms with Gasteiger partial charge in [0, 0.05) is 37.3 Å². The molecule has 3 N–H and O–H groups in total. The molecule has 1 aromatic heterocycles. The van der Waals surface area contributed by atoms with E-state index in [1.807, 2.05) is 19.1 Å². The van der Waals surface area contributed by atoms with Crippen LogP contribution in [-0.4, -0.2) is 40.4 Å². The van der Waals surface area contributed by atoms with Gasteiger partial charge in [-0.15, -0.1) is 13.2 Å². The molecule has 8 nitrogen and oxygen atoms in total. The fourth-order valence-corrected chi connectivity index (χ4v) is 3.74. The highest BCUT2D eigenvalue weighted by Crippen LogP contribution is 2.32. The van der Waals surface area contributed by atoms with Gasteiger partial charge in [-0.1, -0.05) is 17.3 Å². The smallest absolute Gasteiger partial charge is 0.406 e. The first kappa shape index (κ1) is 22.7. The van der Waals surface area contributed by atoms with Crippen molar-refractivity contribution < 1.29 is 27.2 Å². The molecule has 1 amide bonds. The summed E-state index contributed by atoms with van der Waals surface area (Å²) in [6.07, 6.45) is -4.75. The summed E-state index contributed by atoms with van der Waals surface area (Å²) in [6, 6.07) is 9.16. The van der Waals surface area contributed by atoms with Crippen LogP contribution in [-0.2, 0) is 19.6 Å². The average molecular weight is 461 g/mol. The number of rotatable bonds is 8. The number of ether oxygens (including phenoxy) is 1. The van der Waals surface area contributed by atoms with E-state index in [-0.39, 0.29) is 18.2 Å². The van der Waals surface area contributed by atoms with Crippen LogP contribution in [0, 0.1) is 6.92 Å². The molecule has 0 atom stereocenters. The topological polar surface area (TPSA) is 107 Å². The second-order valence-electron chi connectivity index (χ2n) is 7.66. The number of amides is 1. The normalized spacial score (nSPS) is 13.5. The van der Waals surface area contributed by atoms with Gasteiger partial charge in [0.15, 0.2) is 5.82 Å². The standard InChI is InChI=1S/C22H22F3N5O3/c1-13-8-15(20-28-18(29-33-20)10-27-7-6-26)9-16-12-30(21(31)19(13)16)11-14-2-4-17(5-3-14)32-22(23,24)25/h2-5,8-9,27H,6-7,10-12,26H2,1H3. The first-order valence-corrected chi connectivity index (χ1v) is 10.2. The Morgan fingerprint density at radius 1 is 1.24 bits per heavy atom. The summed E-state index contributed by atoms with van der Waals surface area (Å²) in [5, 5.41) is 7.05. The van der Waals surface area contributed by atoms with Crippen LogP contribution in [0.3, 0.4) is 0 Å². The average Bonchev–Trinajstić information content (AvgIpc) is 3.34. The van der Waals surface area contributed by atoms with Gasteiger partial charge in [-0.3, -0.25) is 4.79 Å². The third kappa shape index (κ3) is 5.32. The largest absolute Gasteiger partial charge is 0.573 e. The molecule has 0 radical (unpaired) electrons. The van der Waals surface area contributed by atoms with Crippen molar-refractivity contribution in [3.8, 4) is 17.2 Å². The van der Waals surface area contributed by atoms with E-state index < -0.39 is 6.36 Å². The number of halogens is 3. The molecule has 0 spiro atoms. The maximum atomic E-state index is 13.0. The van der Waals surface area contributed by atoms with E-state index in [0.29, 0.717) is 54.6 Å². The number of carbonyl (C=O) groups is 1. The molecular formula is C22H22F3N5O3. The van der Waals surface area contributed by atoms with E-state index in [4.69, 9.17) is 10.3 Å². The quantitative estimate of drug-likeness (QED) is 0.497. The highest BCUT2D eigenvalue weighted by molar-refractivity contribution is 6.00. The van der Waals surface area contributed by atoms with Gasteiger partial charge in [-0.2, -0.15) is 4.98 Å². The molecule has 33 heavy (non-hydrogen) atoms. The Labute approximate surface area is 187 Å². The fraction of sp³-hybridized carbons (Fsp3) is 0.318. The van der Waals surface area contributed by atoms with Crippen molar-refractivity contribution in [3.63, 3.8) is 0 Å². The minimum Gasteiger partial charge on any atom is -0.406 e. The van der Waals surface area contributed by atoms with E-state index >= 15 is 0 Å². The maximum absolute atomic E-state index is 13.0. The number of aryl methyl sites for hydroxylation is 1. The molecule has 174 valence electrons. The Morgan fingerprint density at radius 2 is 2.00 bits per heavy atom. The molecule has 0 saturated carbocycles. The lowest BCUT2D eigenvalue weighted by atomic mass is 10.0. The summed E-state index contributed by atoms with van der Waals surface area (Å²) in [5.74, 6) is 0.422. The monoisotopic (exact) mass is 461 g/mol. The van der Waals surface area contributed by atoms with Crippen LogP contribution in [0.15, 0.2) is 40.9 Å². The van der Waals surface area contributed by atoms with Gasteiger partial charge in [0.25, 0.3) is 11.8 Å². The van der Waals surface area contributed by atoms with Gasteiger partial charge in [0.1, 0.15) is 5.75 Å². The summed E-state index contributed by atoms with van der Waals surface area (Å²) in [6.45, 7) is 4.04. The number of fused-ring (bicyclic) bond motifs is 1. The van der Waals surface area contributed by atoms with Crippen LogP contribution < -0.4 is 15.8 Å². The second kappa shape index (κ2) is 9.20. The maximum Gasteiger partial charge on any atom is 0.573 e. The Morgan fingerprint density at radius 3 is 2.70 bits per heavy atom. The van der Waals surface area contributed by atoms with Crippen molar-refractivity contribution in [2.75, 3.05) is 13.1 Å². The zero-order valence-electron chi connectivity index (χ0n) is 17.8. The Balaban J connectivity index is 1.47. The van der Waals surface area contributed by atoms with E-state index in [0.717, 1.165) is 11.1 Å². The van der Waals surface area contributed by atoms with Crippen LogP contribution in [0.5, 0.6) is 5.75 Å². The number of alkyl halides is 3. The molecule has 2 aromatic carbocycles. The molecule has 4 rings (SSSR count). The molecule has 0 fully saturated rings. The molecule has 0 bridgehead atoms. The number of hydrogen-bond donors (Lipinski definition) is 2. The third-order valence-corrected chi connectivity index (χ3v) is 5.13. The molecular weight excluding hydrogens is 439 g/mol. The van der Waals surface area contributed by atoms with Gasteiger partial charge in [-0.25, -0.2) is 0 Å². The first-order chi connectivity index (χ1) is 15.7. The van der Waals surface area contributed by atoms with Crippen LogP contribution >= 0.6 is 0 Å². The minimum atomic E-state index is -4.75. The number of nitrogens with one attached hydrogen (secondary N) is 1. The summed E-state index contributed by atoms with van der Waals surface area (Å²) in [7, 11) is 0. The third-order valence-electron chi connectivity index (χ3n) is 5.13. The van der Waals surface area contributed by atoms with Gasteiger partial charge < -0.3 is 25.2 Å². The van der Waals surface area contributed by atoms with Crippen molar-refractivity contribution >= 4 is 5.91 Å². The zero-order chi connectivity index (χ0) is 23.6. The molecule has 1 aliphatic heterocycles. The lowest BCUT2D eigenvalue weighted by Crippen LogP contribution is -2.23. The number of nitrogens with zero attached hydrogens (tertiary/aromatic N) is 3. The number of nitrogens with two attached hydrogens (primary N) is 1. The highest BCUT2D eigenvalue weighted by atomic mass is 19.4. The summed E-state index contributed by atoms with van der Waals surface area (Å²) < 4.78 is 46.3. The van der Waals surface area contributed by atoms with Gasteiger partial charge in [-0.05, 0) is 47.9 Å². The van der Waals surface area contributed by atoms with E-state index in [2.05, 4.69) is 20.2 Å². The van der Waals surface area contributed by atoms with Crippen molar-refractivity contribution in [3.05, 3.63) is 64.5 Å². The van der Waals surface area contributed by atoms with Gasteiger partial charge >= 0.3 is 6.36 Å². The van der Waals surface area contributed by atoms with Crippen molar-refractivity contribution in [2.24, 2.45) is 5.73 Å². The zero-order valence-corrected chi connectivity index (χ0v) is 17.8. The molecule has 2 heterocycles. The number of aromatic nitrogens is 2. The minimum absolute atomic E-state index is 0.137. The molecule has 11 heteroatoms. The predicted molar refractivity (Wildman–Crippen MR) is 112 cm³/mol. The van der Waals surface area contributed by atoms with Crippen molar-refractivity contribution in [1.82, 2.24) is 20.4 Å². The number of hydrogen-bond acceptors (Lipinski definition) is 7. The van der Waals surface area contributed by atoms with Crippen LogP contribution in [0.2, 0.25) is 0 Å². The lowest BCUT2D eigenvalue weighted by Gasteiger charge is -2.16. The van der Waals surface area contributed by atoms with Crippen molar-refractivity contribution in [1.29, 1.82) is 0 Å². The molecule has 0 saturated heterocycles. The lowest BCUT2D eigenvalue weighted by molar-refractivity contribution is -0.274. The van der Waals surface area contributed by atoms with E-state index in [1.54, 1.807) is 4.90 Å². The molecule has 0 unspecified atom stereocenters. The van der Waals surface area contributed by atoms with Gasteiger partial charge in [0.2, 0.25) is 0 Å². The Bertz CT molecular complexity index is 1150. The molecule has 0 aliphatic carbocycles. The summed E-state index contributed by atoms with van der Waals surface area (Å²) in [4.78, 5) is 19.0.